The molecular weight excluding hydrogens is 414 g/mol. The Bertz CT molecular complexity index is 1390. The molecule has 0 spiro atoms. The molecule has 5 rings (SSSR count). The molecule has 2 aromatic heterocycles. The second-order valence-electron chi connectivity index (χ2n) is 6.82. The molecule has 0 aliphatic carbocycles. The lowest BCUT2D eigenvalue weighted by Gasteiger charge is -2.04. The minimum absolute atomic E-state index is 0.289. The van der Waals surface area contributed by atoms with Gasteiger partial charge in [0.15, 0.2) is 4.34 Å². The van der Waals surface area contributed by atoms with E-state index in [-0.39, 0.29) is 11.4 Å². The number of rotatable bonds is 4. The molecule has 0 unspecified atom stereocenters. The van der Waals surface area contributed by atoms with E-state index in [1.165, 1.54) is 16.9 Å². The number of hydrogen-bond donors (Lipinski definition) is 1. The molecule has 2 N–H and O–H groups in total. The van der Waals surface area contributed by atoms with Crippen molar-refractivity contribution in [3.05, 3.63) is 81.6 Å². The number of nitrogens with zero attached hydrogens (tertiary/aromatic N) is 4. The third kappa shape index (κ3) is 3.34. The molecule has 0 bridgehead atoms. The van der Waals surface area contributed by atoms with Gasteiger partial charge < -0.3 is 5.73 Å². The van der Waals surface area contributed by atoms with E-state index in [9.17, 15) is 4.79 Å². The molecule has 0 saturated heterocycles. The molecule has 8 heteroatoms. The fourth-order valence-electron chi connectivity index (χ4n) is 3.34. The van der Waals surface area contributed by atoms with Crippen molar-refractivity contribution < 1.29 is 0 Å². The second-order valence-corrected chi connectivity index (χ2v) is 9.00. The predicted molar refractivity (Wildman–Crippen MR) is 125 cm³/mol. The first-order valence-electron chi connectivity index (χ1n) is 9.33. The lowest BCUT2D eigenvalue weighted by Crippen LogP contribution is -2.17. The molecule has 0 fully saturated rings. The minimum Gasteiger partial charge on any atom is -0.383 e. The van der Waals surface area contributed by atoms with E-state index >= 15 is 0 Å². The van der Waals surface area contributed by atoms with Crippen LogP contribution in [-0.4, -0.2) is 20.3 Å². The first kappa shape index (κ1) is 18.8. The largest absolute Gasteiger partial charge is 0.383 e. The van der Waals surface area contributed by atoms with Gasteiger partial charge in [0, 0.05) is 22.6 Å². The summed E-state index contributed by atoms with van der Waals surface area (Å²) in [6.45, 7) is 1.92. The fraction of sp³-hybridized carbons (Fsp3) is 0.0909. The van der Waals surface area contributed by atoms with Crippen LogP contribution in [-0.2, 0) is 5.75 Å². The Kier molecular flexibility index (Phi) is 4.72. The molecule has 0 radical (unpaired) electrons. The molecule has 0 saturated carbocycles. The van der Waals surface area contributed by atoms with Gasteiger partial charge in [-0.15, -0.1) is 5.10 Å². The van der Waals surface area contributed by atoms with Crippen molar-refractivity contribution in [2.24, 2.45) is 4.99 Å². The summed E-state index contributed by atoms with van der Waals surface area (Å²) >= 11 is 2.96. The van der Waals surface area contributed by atoms with E-state index in [1.54, 1.807) is 22.4 Å². The molecule has 148 valence electrons. The number of aliphatic imine (C=N–C) groups is 1. The normalized spacial score (nSPS) is 14.3. The zero-order valence-electron chi connectivity index (χ0n) is 16.1. The van der Waals surface area contributed by atoms with Gasteiger partial charge in [-0.3, -0.25) is 9.79 Å². The van der Waals surface area contributed by atoms with E-state index in [2.05, 4.69) is 27.2 Å². The number of para-hydroxylation sites is 1. The second kappa shape index (κ2) is 7.55. The third-order valence-electron chi connectivity index (χ3n) is 4.84. The number of aromatic nitrogens is 3. The number of nitrogen functional groups attached to an aromatic ring is 1. The lowest BCUT2D eigenvalue weighted by molar-refractivity contribution is 0.894. The number of anilines is 1. The third-order valence-corrected chi connectivity index (χ3v) is 6.95. The lowest BCUT2D eigenvalue weighted by atomic mass is 10.0. The van der Waals surface area contributed by atoms with Crippen molar-refractivity contribution in [2.75, 3.05) is 5.73 Å². The van der Waals surface area contributed by atoms with Crippen LogP contribution < -0.4 is 11.3 Å². The van der Waals surface area contributed by atoms with Crippen LogP contribution in [0.25, 0.3) is 16.6 Å². The summed E-state index contributed by atoms with van der Waals surface area (Å²) in [6.07, 6.45) is 1.78. The highest BCUT2D eigenvalue weighted by molar-refractivity contribution is 8.00. The highest BCUT2D eigenvalue weighted by atomic mass is 32.2. The molecule has 0 amide bonds. The smallest absolute Gasteiger partial charge is 0.283 e. The first-order chi connectivity index (χ1) is 14.6. The quantitative estimate of drug-likeness (QED) is 0.475. The maximum atomic E-state index is 12.7. The Morgan fingerprint density at radius 2 is 1.90 bits per heavy atom. The van der Waals surface area contributed by atoms with Crippen LogP contribution in [0.15, 0.2) is 68.7 Å². The molecule has 2 aromatic carbocycles. The van der Waals surface area contributed by atoms with E-state index < -0.39 is 0 Å². The number of fused-ring (bicyclic) bond motifs is 2. The van der Waals surface area contributed by atoms with Crippen LogP contribution in [0.5, 0.6) is 0 Å². The average Bonchev–Trinajstić information content (AvgIpc) is 3.30. The topological polar surface area (TPSA) is 85.6 Å². The van der Waals surface area contributed by atoms with Crippen LogP contribution in [0.3, 0.4) is 0 Å². The summed E-state index contributed by atoms with van der Waals surface area (Å²) < 4.78 is 2.37. The fourth-order valence-corrected chi connectivity index (χ4v) is 5.23. The molecular formula is C22H17N5OS2. The molecule has 30 heavy (non-hydrogen) atoms. The SMILES string of the molecule is CC1=Nc2ccccc2/C1=C/c1c(N)n2nc(SCc3ccccc3)sc2nc1=O. The molecule has 0 atom stereocenters. The van der Waals surface area contributed by atoms with Gasteiger partial charge in [0.1, 0.15) is 5.82 Å². The van der Waals surface area contributed by atoms with Crippen LogP contribution in [0.2, 0.25) is 0 Å². The monoisotopic (exact) mass is 431 g/mol. The number of nitrogens with two attached hydrogens (primary N) is 1. The summed E-state index contributed by atoms with van der Waals surface area (Å²) in [7, 11) is 0. The Morgan fingerprint density at radius 1 is 1.13 bits per heavy atom. The Balaban J connectivity index is 1.53. The van der Waals surface area contributed by atoms with Gasteiger partial charge in [-0.25, -0.2) is 0 Å². The molecule has 6 nitrogen and oxygen atoms in total. The van der Waals surface area contributed by atoms with Crippen LogP contribution >= 0.6 is 23.1 Å². The van der Waals surface area contributed by atoms with Gasteiger partial charge in [-0.2, -0.15) is 9.50 Å². The zero-order valence-corrected chi connectivity index (χ0v) is 17.7. The summed E-state index contributed by atoms with van der Waals surface area (Å²) in [5.74, 6) is 1.08. The molecule has 1 aliphatic heterocycles. The van der Waals surface area contributed by atoms with Gasteiger partial charge in [-0.1, -0.05) is 71.6 Å². The summed E-state index contributed by atoms with van der Waals surface area (Å²) in [6, 6.07) is 18.0. The van der Waals surface area contributed by atoms with Crippen molar-refractivity contribution in [2.45, 2.75) is 17.0 Å². The van der Waals surface area contributed by atoms with E-state index in [1.807, 2.05) is 49.4 Å². The standard InChI is InChI=1S/C22H17N5OS2/c1-13-16(15-9-5-6-10-18(15)24-13)11-17-19(23)27-21(25-20(17)28)30-22(26-27)29-12-14-7-3-2-4-8-14/h2-11H,12,23H2,1H3/b16-11+. The summed E-state index contributed by atoms with van der Waals surface area (Å²) in [4.78, 5) is 22.0. The highest BCUT2D eigenvalue weighted by Gasteiger charge is 2.20. The van der Waals surface area contributed by atoms with Gasteiger partial charge in [0.25, 0.3) is 5.56 Å². The number of thioether (sulfide) groups is 1. The number of benzene rings is 2. The maximum Gasteiger partial charge on any atom is 0.283 e. The van der Waals surface area contributed by atoms with Crippen molar-refractivity contribution in [1.29, 1.82) is 0 Å². The first-order valence-corrected chi connectivity index (χ1v) is 11.1. The van der Waals surface area contributed by atoms with Gasteiger partial charge in [0.05, 0.1) is 11.3 Å². The van der Waals surface area contributed by atoms with Crippen LogP contribution in [0, 0.1) is 0 Å². The van der Waals surface area contributed by atoms with Crippen molar-refractivity contribution in [1.82, 2.24) is 14.6 Å². The van der Waals surface area contributed by atoms with Gasteiger partial charge in [0.2, 0.25) is 4.96 Å². The van der Waals surface area contributed by atoms with Crippen LogP contribution in [0.4, 0.5) is 11.5 Å². The van der Waals surface area contributed by atoms with E-state index in [0.29, 0.717) is 10.5 Å². The maximum absolute atomic E-state index is 12.7. The molecule has 3 heterocycles. The van der Waals surface area contributed by atoms with E-state index in [0.717, 1.165) is 32.6 Å². The van der Waals surface area contributed by atoms with Crippen molar-refractivity contribution >= 4 is 56.9 Å². The van der Waals surface area contributed by atoms with Gasteiger partial charge in [-0.05, 0) is 24.6 Å². The average molecular weight is 432 g/mol. The van der Waals surface area contributed by atoms with Gasteiger partial charge >= 0.3 is 0 Å². The summed E-state index contributed by atoms with van der Waals surface area (Å²) in [5, 5.41) is 4.58. The van der Waals surface area contributed by atoms with E-state index in [4.69, 9.17) is 5.73 Å². The Hall–Kier alpha value is -3.23. The summed E-state index contributed by atoms with van der Waals surface area (Å²) in [5.41, 5.74) is 11.1. The Morgan fingerprint density at radius 3 is 2.73 bits per heavy atom. The molecule has 1 aliphatic rings. The highest BCUT2D eigenvalue weighted by Crippen LogP contribution is 2.36. The number of allylic oxidation sites excluding steroid dienone is 1. The zero-order chi connectivity index (χ0) is 20.7. The predicted octanol–water partition coefficient (Wildman–Crippen LogP) is 4.67. The van der Waals surface area contributed by atoms with Crippen molar-refractivity contribution in [3.8, 4) is 0 Å². The Labute approximate surface area is 180 Å². The van der Waals surface area contributed by atoms with Crippen LogP contribution in [0.1, 0.15) is 23.6 Å². The van der Waals surface area contributed by atoms with Crippen molar-refractivity contribution in [3.63, 3.8) is 0 Å². The minimum atomic E-state index is -0.361. The number of hydrogen-bond acceptors (Lipinski definition) is 7. The molecule has 4 aromatic rings.